The Balaban J connectivity index is 0.00000144. The van der Waals surface area contributed by atoms with Crippen molar-refractivity contribution in [3.05, 3.63) is 43.0 Å². The number of halogens is 2. The number of rotatable bonds is 4. The second-order valence-corrected chi connectivity index (χ2v) is 5.98. The van der Waals surface area contributed by atoms with Crippen molar-refractivity contribution < 1.29 is 4.79 Å². The van der Waals surface area contributed by atoms with Gasteiger partial charge in [0.2, 0.25) is 5.91 Å². The third-order valence-electron chi connectivity index (χ3n) is 4.35. The van der Waals surface area contributed by atoms with Crippen LogP contribution in [0.25, 0.3) is 5.69 Å². The number of amides is 1. The number of hydrogen-bond acceptors (Lipinski definition) is 3. The van der Waals surface area contributed by atoms with Gasteiger partial charge < -0.3 is 15.6 Å². The molecule has 0 aliphatic heterocycles. The van der Waals surface area contributed by atoms with Crippen LogP contribution in [0, 0.1) is 5.92 Å². The summed E-state index contributed by atoms with van der Waals surface area (Å²) in [7, 11) is 0. The van der Waals surface area contributed by atoms with Crippen molar-refractivity contribution in [1.82, 2.24) is 9.55 Å². The van der Waals surface area contributed by atoms with Crippen LogP contribution in [0.2, 0.25) is 0 Å². The van der Waals surface area contributed by atoms with E-state index in [0.717, 1.165) is 24.2 Å². The summed E-state index contributed by atoms with van der Waals surface area (Å²) in [6, 6.07) is 7.92. The van der Waals surface area contributed by atoms with Crippen LogP contribution >= 0.6 is 24.8 Å². The second kappa shape index (κ2) is 9.67. The Morgan fingerprint density at radius 1 is 1.29 bits per heavy atom. The van der Waals surface area contributed by atoms with Gasteiger partial charge >= 0.3 is 0 Å². The van der Waals surface area contributed by atoms with E-state index in [1.54, 1.807) is 12.5 Å². The van der Waals surface area contributed by atoms with Gasteiger partial charge in [0.15, 0.2) is 0 Å². The summed E-state index contributed by atoms with van der Waals surface area (Å²) in [5.41, 5.74) is 7.90. The third-order valence-corrected chi connectivity index (χ3v) is 4.35. The van der Waals surface area contributed by atoms with Crippen molar-refractivity contribution in [2.24, 2.45) is 11.7 Å². The minimum Gasteiger partial charge on any atom is -0.327 e. The Bertz CT molecular complexity index is 633. The van der Waals surface area contributed by atoms with Gasteiger partial charge in [-0.1, -0.05) is 18.9 Å². The molecular formula is C17H24Cl2N4O. The fourth-order valence-electron chi connectivity index (χ4n) is 3.10. The first-order valence-electron chi connectivity index (χ1n) is 7.86. The molecule has 0 saturated heterocycles. The molecule has 24 heavy (non-hydrogen) atoms. The van der Waals surface area contributed by atoms with Crippen LogP contribution in [0.3, 0.4) is 0 Å². The molecule has 1 fully saturated rings. The van der Waals surface area contributed by atoms with Crippen molar-refractivity contribution >= 4 is 36.4 Å². The van der Waals surface area contributed by atoms with E-state index in [-0.39, 0.29) is 36.8 Å². The topological polar surface area (TPSA) is 72.9 Å². The lowest BCUT2D eigenvalue weighted by Gasteiger charge is -2.27. The average Bonchev–Trinajstić information content (AvgIpc) is 3.04. The predicted molar refractivity (Wildman–Crippen MR) is 101 cm³/mol. The Morgan fingerprint density at radius 3 is 2.79 bits per heavy atom. The van der Waals surface area contributed by atoms with Crippen molar-refractivity contribution in [2.75, 3.05) is 5.32 Å². The number of hydrogen-bond donors (Lipinski definition) is 2. The van der Waals surface area contributed by atoms with Crippen LogP contribution in [0.4, 0.5) is 5.69 Å². The van der Waals surface area contributed by atoms with E-state index in [1.807, 2.05) is 35.0 Å². The molecule has 0 spiro atoms. The third kappa shape index (κ3) is 5.23. The molecule has 5 nitrogen and oxygen atoms in total. The van der Waals surface area contributed by atoms with Crippen molar-refractivity contribution in [2.45, 2.75) is 38.1 Å². The van der Waals surface area contributed by atoms with Crippen LogP contribution in [-0.2, 0) is 4.79 Å². The molecule has 0 radical (unpaired) electrons. The smallest absolute Gasteiger partial charge is 0.224 e. The molecule has 1 aromatic carbocycles. The van der Waals surface area contributed by atoms with Crippen LogP contribution in [0.1, 0.15) is 32.1 Å². The average molecular weight is 371 g/mol. The van der Waals surface area contributed by atoms with Crippen LogP contribution in [0.5, 0.6) is 0 Å². The van der Waals surface area contributed by atoms with Crippen molar-refractivity contribution in [3.8, 4) is 5.69 Å². The fraction of sp³-hybridized carbons (Fsp3) is 0.412. The molecule has 3 rings (SSSR count). The molecule has 1 aliphatic rings. The van der Waals surface area contributed by atoms with E-state index in [1.165, 1.54) is 12.8 Å². The molecule has 0 bridgehead atoms. The molecule has 1 amide bonds. The molecule has 1 saturated carbocycles. The van der Waals surface area contributed by atoms with Gasteiger partial charge in [0.25, 0.3) is 0 Å². The Morgan fingerprint density at radius 2 is 2.08 bits per heavy atom. The van der Waals surface area contributed by atoms with Gasteiger partial charge in [0, 0.05) is 36.2 Å². The Labute approximate surface area is 154 Å². The minimum atomic E-state index is 0. The maximum Gasteiger partial charge on any atom is 0.224 e. The van der Waals surface area contributed by atoms with E-state index in [9.17, 15) is 4.79 Å². The SMILES string of the molecule is Cl.Cl.NC1CCCCC1CC(=O)Nc1cccc(-n2ccnc2)c1. The highest BCUT2D eigenvalue weighted by Gasteiger charge is 2.24. The number of nitrogens with one attached hydrogen (secondary N) is 1. The van der Waals surface area contributed by atoms with Gasteiger partial charge in [-0.2, -0.15) is 0 Å². The number of imidazole rings is 1. The molecule has 132 valence electrons. The number of nitrogens with zero attached hydrogens (tertiary/aromatic N) is 2. The Kier molecular flexibility index (Phi) is 8.25. The Hall–Kier alpha value is -1.56. The standard InChI is InChI=1S/C17H22N4O.2ClH/c18-16-7-2-1-4-13(16)10-17(22)20-14-5-3-6-15(11-14)21-9-8-19-12-21;;/h3,5-6,8-9,11-13,16H,1-2,4,7,10,18H2,(H,20,22);2*1H. The summed E-state index contributed by atoms with van der Waals surface area (Å²) < 4.78 is 1.91. The van der Waals surface area contributed by atoms with Gasteiger partial charge in [0.05, 0.1) is 6.33 Å². The summed E-state index contributed by atoms with van der Waals surface area (Å²) in [5.74, 6) is 0.357. The highest BCUT2D eigenvalue weighted by atomic mass is 35.5. The lowest BCUT2D eigenvalue weighted by molar-refractivity contribution is -0.117. The van der Waals surface area contributed by atoms with Gasteiger partial charge in [-0.25, -0.2) is 4.98 Å². The maximum atomic E-state index is 12.2. The molecule has 1 aromatic heterocycles. The number of carbonyl (C=O) groups excluding carboxylic acids is 1. The summed E-state index contributed by atoms with van der Waals surface area (Å²) in [6.07, 6.45) is 10.3. The minimum absolute atomic E-state index is 0. The van der Waals surface area contributed by atoms with Gasteiger partial charge in [-0.15, -0.1) is 24.8 Å². The second-order valence-electron chi connectivity index (χ2n) is 5.98. The first kappa shape index (κ1) is 20.5. The van der Waals surface area contributed by atoms with E-state index < -0.39 is 0 Å². The fourth-order valence-corrected chi connectivity index (χ4v) is 3.10. The van der Waals surface area contributed by atoms with E-state index in [2.05, 4.69) is 10.3 Å². The molecule has 2 unspecified atom stereocenters. The van der Waals surface area contributed by atoms with Crippen molar-refractivity contribution in [3.63, 3.8) is 0 Å². The van der Waals surface area contributed by atoms with Crippen LogP contribution in [0.15, 0.2) is 43.0 Å². The van der Waals surface area contributed by atoms with Gasteiger partial charge in [0.1, 0.15) is 0 Å². The first-order valence-corrected chi connectivity index (χ1v) is 7.86. The lowest BCUT2D eigenvalue weighted by Crippen LogP contribution is -2.35. The maximum absolute atomic E-state index is 12.2. The van der Waals surface area contributed by atoms with Crippen LogP contribution in [-0.4, -0.2) is 21.5 Å². The summed E-state index contributed by atoms with van der Waals surface area (Å²) in [4.78, 5) is 16.3. The zero-order valence-electron chi connectivity index (χ0n) is 13.4. The lowest BCUT2D eigenvalue weighted by atomic mass is 9.83. The number of aromatic nitrogens is 2. The molecule has 1 aliphatic carbocycles. The predicted octanol–water partition coefficient (Wildman–Crippen LogP) is 3.56. The van der Waals surface area contributed by atoms with E-state index in [4.69, 9.17) is 5.73 Å². The quantitative estimate of drug-likeness (QED) is 0.863. The van der Waals surface area contributed by atoms with Gasteiger partial charge in [-0.3, -0.25) is 4.79 Å². The number of anilines is 1. The van der Waals surface area contributed by atoms with Crippen molar-refractivity contribution in [1.29, 1.82) is 0 Å². The normalized spacial score (nSPS) is 19.7. The largest absolute Gasteiger partial charge is 0.327 e. The highest BCUT2D eigenvalue weighted by Crippen LogP contribution is 2.26. The number of carbonyl (C=O) groups is 1. The van der Waals surface area contributed by atoms with Gasteiger partial charge in [-0.05, 0) is 37.0 Å². The molecule has 1 heterocycles. The number of nitrogens with two attached hydrogens (primary N) is 1. The molecule has 2 atom stereocenters. The molecule has 2 aromatic rings. The summed E-state index contributed by atoms with van der Waals surface area (Å²) in [5, 5.41) is 2.98. The molecule has 3 N–H and O–H groups in total. The first-order chi connectivity index (χ1) is 10.7. The summed E-state index contributed by atoms with van der Waals surface area (Å²) >= 11 is 0. The van der Waals surface area contributed by atoms with Crippen LogP contribution < -0.4 is 11.1 Å². The number of benzene rings is 1. The van der Waals surface area contributed by atoms with E-state index >= 15 is 0 Å². The molecule has 7 heteroatoms. The zero-order chi connectivity index (χ0) is 15.4. The monoisotopic (exact) mass is 370 g/mol. The summed E-state index contributed by atoms with van der Waals surface area (Å²) in [6.45, 7) is 0. The van der Waals surface area contributed by atoms with E-state index in [0.29, 0.717) is 12.3 Å². The highest BCUT2D eigenvalue weighted by molar-refractivity contribution is 5.91. The molecular weight excluding hydrogens is 347 g/mol. The zero-order valence-corrected chi connectivity index (χ0v) is 15.1.